The summed E-state index contributed by atoms with van der Waals surface area (Å²) in [5.74, 6) is 1.73. The predicted octanol–water partition coefficient (Wildman–Crippen LogP) is 1.83. The lowest BCUT2D eigenvalue weighted by atomic mass is 9.91. The standard InChI is InChI=1S/C13H20N2O2/c1-17-12-7-3-8-14-13(12)15(9-4-10-16)11-5-2-6-11/h3,7-8,11,16H,2,4-6,9-10H2,1H3. The van der Waals surface area contributed by atoms with Crippen LogP contribution in [0.3, 0.4) is 0 Å². The third-order valence-electron chi connectivity index (χ3n) is 3.32. The molecule has 4 heteroatoms. The van der Waals surface area contributed by atoms with Crippen molar-refractivity contribution in [3.05, 3.63) is 18.3 Å². The number of nitrogens with zero attached hydrogens (tertiary/aromatic N) is 2. The summed E-state index contributed by atoms with van der Waals surface area (Å²) in [5.41, 5.74) is 0. The molecule has 0 saturated heterocycles. The summed E-state index contributed by atoms with van der Waals surface area (Å²) in [7, 11) is 1.67. The Bertz CT molecular complexity index is 353. The van der Waals surface area contributed by atoms with E-state index in [1.165, 1.54) is 19.3 Å². The molecule has 0 unspecified atom stereocenters. The first-order chi connectivity index (χ1) is 8.36. The van der Waals surface area contributed by atoms with E-state index in [0.29, 0.717) is 6.04 Å². The SMILES string of the molecule is COc1cccnc1N(CCCO)C1CCC1. The Morgan fingerprint density at radius 1 is 1.53 bits per heavy atom. The van der Waals surface area contributed by atoms with Gasteiger partial charge in [0.25, 0.3) is 0 Å². The van der Waals surface area contributed by atoms with Crippen molar-refractivity contribution in [3.63, 3.8) is 0 Å². The van der Waals surface area contributed by atoms with Crippen molar-refractivity contribution in [1.82, 2.24) is 4.98 Å². The van der Waals surface area contributed by atoms with Crippen LogP contribution in [-0.4, -0.2) is 36.4 Å². The Balaban J connectivity index is 2.17. The highest BCUT2D eigenvalue weighted by Crippen LogP contribution is 2.33. The molecule has 1 aromatic heterocycles. The van der Waals surface area contributed by atoms with Gasteiger partial charge in [-0.05, 0) is 37.8 Å². The van der Waals surface area contributed by atoms with Crippen LogP contribution in [0.2, 0.25) is 0 Å². The zero-order valence-corrected chi connectivity index (χ0v) is 10.3. The van der Waals surface area contributed by atoms with Crippen molar-refractivity contribution >= 4 is 5.82 Å². The second-order valence-electron chi connectivity index (χ2n) is 4.38. The van der Waals surface area contributed by atoms with Crippen molar-refractivity contribution in [2.75, 3.05) is 25.2 Å². The molecule has 0 amide bonds. The van der Waals surface area contributed by atoms with Gasteiger partial charge in [0.1, 0.15) is 0 Å². The summed E-state index contributed by atoms with van der Waals surface area (Å²) in [6.45, 7) is 1.06. The molecule has 2 rings (SSSR count). The number of hydrogen-bond donors (Lipinski definition) is 1. The van der Waals surface area contributed by atoms with Gasteiger partial charge in [-0.25, -0.2) is 4.98 Å². The summed E-state index contributed by atoms with van der Waals surface area (Å²) in [6, 6.07) is 4.38. The minimum absolute atomic E-state index is 0.221. The molecule has 0 bridgehead atoms. The van der Waals surface area contributed by atoms with Crippen LogP contribution in [0.4, 0.5) is 5.82 Å². The molecular weight excluding hydrogens is 216 g/mol. The highest BCUT2D eigenvalue weighted by molar-refractivity contribution is 5.53. The fourth-order valence-corrected chi connectivity index (χ4v) is 2.16. The summed E-state index contributed by atoms with van der Waals surface area (Å²) in [5, 5.41) is 8.98. The second kappa shape index (κ2) is 5.87. The average Bonchev–Trinajstić information content (AvgIpc) is 2.32. The fourth-order valence-electron chi connectivity index (χ4n) is 2.16. The van der Waals surface area contributed by atoms with Crippen LogP contribution in [0, 0.1) is 0 Å². The number of aromatic nitrogens is 1. The topological polar surface area (TPSA) is 45.6 Å². The minimum Gasteiger partial charge on any atom is -0.493 e. The van der Waals surface area contributed by atoms with Gasteiger partial charge in [0.15, 0.2) is 11.6 Å². The van der Waals surface area contributed by atoms with Gasteiger partial charge in [-0.2, -0.15) is 0 Å². The zero-order valence-electron chi connectivity index (χ0n) is 10.3. The number of pyridine rings is 1. The number of rotatable bonds is 6. The Hall–Kier alpha value is -1.29. The number of aliphatic hydroxyl groups is 1. The molecule has 0 aromatic carbocycles. The van der Waals surface area contributed by atoms with Gasteiger partial charge in [-0.3, -0.25) is 0 Å². The summed E-state index contributed by atoms with van der Waals surface area (Å²) < 4.78 is 5.36. The van der Waals surface area contributed by atoms with E-state index in [1.54, 1.807) is 13.3 Å². The maximum Gasteiger partial charge on any atom is 0.171 e. The summed E-state index contributed by atoms with van der Waals surface area (Å²) in [4.78, 5) is 6.70. The predicted molar refractivity (Wildman–Crippen MR) is 67.5 cm³/mol. The third kappa shape index (κ3) is 2.69. The molecule has 94 valence electrons. The summed E-state index contributed by atoms with van der Waals surface area (Å²) in [6.07, 6.45) is 6.28. The largest absolute Gasteiger partial charge is 0.493 e. The van der Waals surface area contributed by atoms with Gasteiger partial charge in [-0.1, -0.05) is 0 Å². The molecule has 1 aromatic rings. The Kier molecular flexibility index (Phi) is 4.20. The van der Waals surface area contributed by atoms with Crippen LogP contribution in [0.25, 0.3) is 0 Å². The van der Waals surface area contributed by atoms with Gasteiger partial charge in [0.05, 0.1) is 7.11 Å². The van der Waals surface area contributed by atoms with Gasteiger partial charge in [-0.15, -0.1) is 0 Å². The molecule has 1 fully saturated rings. The van der Waals surface area contributed by atoms with Crippen LogP contribution in [0.5, 0.6) is 5.75 Å². The highest BCUT2D eigenvalue weighted by Gasteiger charge is 2.27. The van der Waals surface area contributed by atoms with Gasteiger partial charge in [0.2, 0.25) is 0 Å². The number of ether oxygens (including phenoxy) is 1. The Labute approximate surface area is 102 Å². The maximum absolute atomic E-state index is 8.98. The van der Waals surface area contributed by atoms with Crippen molar-refractivity contribution < 1.29 is 9.84 Å². The minimum atomic E-state index is 0.221. The fraction of sp³-hybridized carbons (Fsp3) is 0.615. The normalized spacial score (nSPS) is 15.4. The van der Waals surface area contributed by atoms with Crippen LogP contribution in [-0.2, 0) is 0 Å². The molecule has 0 radical (unpaired) electrons. The van der Waals surface area contributed by atoms with E-state index in [2.05, 4.69) is 9.88 Å². The molecular formula is C13H20N2O2. The van der Waals surface area contributed by atoms with E-state index < -0.39 is 0 Å². The monoisotopic (exact) mass is 236 g/mol. The molecule has 1 aliphatic rings. The molecule has 1 aliphatic carbocycles. The van der Waals surface area contributed by atoms with Crippen molar-refractivity contribution in [1.29, 1.82) is 0 Å². The van der Waals surface area contributed by atoms with Crippen molar-refractivity contribution in [2.45, 2.75) is 31.7 Å². The molecule has 0 aliphatic heterocycles. The smallest absolute Gasteiger partial charge is 0.171 e. The number of methoxy groups -OCH3 is 1. The van der Waals surface area contributed by atoms with E-state index in [4.69, 9.17) is 9.84 Å². The zero-order chi connectivity index (χ0) is 12.1. The van der Waals surface area contributed by atoms with Crippen molar-refractivity contribution in [2.24, 2.45) is 0 Å². The maximum atomic E-state index is 8.98. The quantitative estimate of drug-likeness (QED) is 0.818. The lowest BCUT2D eigenvalue weighted by Crippen LogP contribution is -2.41. The number of anilines is 1. The van der Waals surface area contributed by atoms with E-state index in [1.807, 2.05) is 12.1 Å². The molecule has 1 N–H and O–H groups in total. The Morgan fingerprint density at radius 2 is 2.35 bits per heavy atom. The van der Waals surface area contributed by atoms with E-state index in [-0.39, 0.29) is 6.61 Å². The van der Waals surface area contributed by atoms with Gasteiger partial charge in [0, 0.05) is 25.4 Å². The molecule has 1 saturated carbocycles. The first-order valence-electron chi connectivity index (χ1n) is 6.23. The number of aliphatic hydroxyl groups excluding tert-OH is 1. The van der Waals surface area contributed by atoms with Crippen LogP contribution in [0.1, 0.15) is 25.7 Å². The highest BCUT2D eigenvalue weighted by atomic mass is 16.5. The van der Waals surface area contributed by atoms with Gasteiger partial charge >= 0.3 is 0 Å². The lowest BCUT2D eigenvalue weighted by molar-refractivity contribution is 0.282. The lowest BCUT2D eigenvalue weighted by Gasteiger charge is -2.38. The molecule has 4 nitrogen and oxygen atoms in total. The van der Waals surface area contributed by atoms with E-state index in [0.717, 1.165) is 24.5 Å². The average molecular weight is 236 g/mol. The molecule has 1 heterocycles. The molecule has 17 heavy (non-hydrogen) atoms. The van der Waals surface area contributed by atoms with Crippen molar-refractivity contribution in [3.8, 4) is 5.75 Å². The van der Waals surface area contributed by atoms with Crippen LogP contribution >= 0.6 is 0 Å². The first-order valence-corrected chi connectivity index (χ1v) is 6.23. The van der Waals surface area contributed by atoms with E-state index >= 15 is 0 Å². The number of hydrogen-bond acceptors (Lipinski definition) is 4. The van der Waals surface area contributed by atoms with Gasteiger partial charge < -0.3 is 14.7 Å². The third-order valence-corrected chi connectivity index (χ3v) is 3.32. The molecule has 0 spiro atoms. The second-order valence-corrected chi connectivity index (χ2v) is 4.38. The Morgan fingerprint density at radius 3 is 2.94 bits per heavy atom. The van der Waals surface area contributed by atoms with Crippen LogP contribution < -0.4 is 9.64 Å². The summed E-state index contributed by atoms with van der Waals surface area (Å²) >= 11 is 0. The van der Waals surface area contributed by atoms with E-state index in [9.17, 15) is 0 Å². The molecule has 0 atom stereocenters. The first kappa shape index (κ1) is 12.2. The van der Waals surface area contributed by atoms with Crippen LogP contribution in [0.15, 0.2) is 18.3 Å².